The molecule has 2 aromatic carbocycles. The van der Waals surface area contributed by atoms with Crippen LogP contribution >= 0.6 is 11.6 Å². The molecule has 0 amide bonds. The van der Waals surface area contributed by atoms with Gasteiger partial charge in [-0.15, -0.1) is 0 Å². The van der Waals surface area contributed by atoms with Gasteiger partial charge in [0, 0.05) is 16.1 Å². The molecule has 0 aliphatic heterocycles. The molecule has 82 valence electrons. The fourth-order valence-corrected chi connectivity index (χ4v) is 1.74. The molecule has 3 heteroatoms. The zero-order valence-electron chi connectivity index (χ0n) is 8.71. The predicted octanol–water partition coefficient (Wildman–Crippen LogP) is 4.15. The molecule has 0 atom stereocenters. The van der Waals surface area contributed by atoms with Crippen molar-refractivity contribution in [2.24, 2.45) is 0 Å². The molecule has 2 aromatic rings. The second kappa shape index (κ2) is 4.54. The first-order chi connectivity index (χ1) is 7.72. The molecule has 0 saturated carbocycles. The van der Waals surface area contributed by atoms with Crippen LogP contribution in [0.25, 0.3) is 11.1 Å². The molecule has 0 saturated heterocycles. The average molecular weight is 237 g/mol. The van der Waals surface area contributed by atoms with Gasteiger partial charge in [0.25, 0.3) is 0 Å². The first-order valence-electron chi connectivity index (χ1n) is 4.81. The van der Waals surface area contributed by atoms with Gasteiger partial charge in [0.15, 0.2) is 0 Å². The molecule has 0 heterocycles. The summed E-state index contributed by atoms with van der Waals surface area (Å²) in [6.45, 7) is 0. The van der Waals surface area contributed by atoms with Crippen LogP contribution in [0, 0.1) is 5.82 Å². The maximum absolute atomic E-state index is 13.7. The topological polar surface area (TPSA) is 9.23 Å². The number of methoxy groups -OCH3 is 1. The van der Waals surface area contributed by atoms with E-state index in [1.807, 2.05) is 12.1 Å². The fourth-order valence-electron chi connectivity index (χ4n) is 1.57. The molecule has 1 nitrogen and oxygen atoms in total. The summed E-state index contributed by atoms with van der Waals surface area (Å²) in [5.41, 5.74) is 1.15. The summed E-state index contributed by atoms with van der Waals surface area (Å²) in [6, 6.07) is 11.7. The van der Waals surface area contributed by atoms with Crippen LogP contribution in [0.5, 0.6) is 5.75 Å². The summed E-state index contributed by atoms with van der Waals surface area (Å²) >= 11 is 5.85. The first-order valence-corrected chi connectivity index (χ1v) is 5.18. The summed E-state index contributed by atoms with van der Waals surface area (Å²) < 4.78 is 18.8. The molecule has 2 rings (SSSR count). The van der Waals surface area contributed by atoms with E-state index in [1.54, 1.807) is 25.3 Å². The largest absolute Gasteiger partial charge is 0.496 e. The second-order valence-electron chi connectivity index (χ2n) is 3.32. The highest BCUT2D eigenvalue weighted by Crippen LogP contribution is 2.32. The molecular formula is C13H10ClFO. The van der Waals surface area contributed by atoms with E-state index in [0.29, 0.717) is 21.9 Å². The Morgan fingerprint density at radius 3 is 2.56 bits per heavy atom. The number of benzene rings is 2. The number of hydrogen-bond donors (Lipinski definition) is 0. The summed E-state index contributed by atoms with van der Waals surface area (Å²) in [5.74, 6) is 0.317. The number of halogens is 2. The van der Waals surface area contributed by atoms with Gasteiger partial charge in [0.05, 0.1) is 7.11 Å². The highest BCUT2D eigenvalue weighted by atomic mass is 35.5. The van der Waals surface area contributed by atoms with Gasteiger partial charge in [-0.1, -0.05) is 29.8 Å². The third kappa shape index (κ3) is 2.02. The van der Waals surface area contributed by atoms with Crippen LogP contribution in [-0.4, -0.2) is 7.11 Å². The van der Waals surface area contributed by atoms with Crippen LogP contribution in [0.1, 0.15) is 0 Å². The van der Waals surface area contributed by atoms with Crippen molar-refractivity contribution < 1.29 is 9.13 Å². The van der Waals surface area contributed by atoms with E-state index in [9.17, 15) is 4.39 Å². The normalized spacial score (nSPS) is 10.2. The average Bonchev–Trinajstić information content (AvgIpc) is 2.32. The Morgan fingerprint density at radius 2 is 1.81 bits per heavy atom. The minimum absolute atomic E-state index is 0.311. The summed E-state index contributed by atoms with van der Waals surface area (Å²) in [4.78, 5) is 0. The van der Waals surface area contributed by atoms with Gasteiger partial charge in [0.2, 0.25) is 0 Å². The third-order valence-corrected chi connectivity index (χ3v) is 2.56. The van der Waals surface area contributed by atoms with Gasteiger partial charge in [-0.2, -0.15) is 0 Å². The molecule has 0 aliphatic rings. The van der Waals surface area contributed by atoms with Crippen LogP contribution in [0.3, 0.4) is 0 Å². The van der Waals surface area contributed by atoms with E-state index >= 15 is 0 Å². The maximum Gasteiger partial charge on any atom is 0.131 e. The number of ether oxygens (including phenoxy) is 1. The lowest BCUT2D eigenvalue weighted by Gasteiger charge is -2.09. The van der Waals surface area contributed by atoms with Crippen molar-refractivity contribution in [3.63, 3.8) is 0 Å². The van der Waals surface area contributed by atoms with Crippen molar-refractivity contribution in [2.45, 2.75) is 0 Å². The molecule has 0 fully saturated rings. The number of rotatable bonds is 2. The van der Waals surface area contributed by atoms with Crippen molar-refractivity contribution in [3.05, 3.63) is 53.3 Å². The Labute approximate surface area is 98.4 Å². The van der Waals surface area contributed by atoms with Gasteiger partial charge < -0.3 is 4.74 Å². The summed E-state index contributed by atoms with van der Waals surface area (Å²) in [5, 5.41) is 0.502. The van der Waals surface area contributed by atoms with Crippen molar-refractivity contribution in [1.82, 2.24) is 0 Å². The molecule has 0 aliphatic carbocycles. The van der Waals surface area contributed by atoms with E-state index in [0.717, 1.165) is 0 Å². The van der Waals surface area contributed by atoms with Crippen LogP contribution in [-0.2, 0) is 0 Å². The number of para-hydroxylation sites is 1. The van der Waals surface area contributed by atoms with Gasteiger partial charge in [-0.25, -0.2) is 4.39 Å². The Kier molecular flexibility index (Phi) is 3.11. The zero-order chi connectivity index (χ0) is 11.5. The van der Waals surface area contributed by atoms with Gasteiger partial charge in [-0.05, 0) is 24.3 Å². The van der Waals surface area contributed by atoms with Crippen LogP contribution in [0.4, 0.5) is 4.39 Å². The van der Waals surface area contributed by atoms with Gasteiger partial charge >= 0.3 is 0 Å². The maximum atomic E-state index is 13.7. The smallest absolute Gasteiger partial charge is 0.131 e. The molecule has 0 spiro atoms. The van der Waals surface area contributed by atoms with Gasteiger partial charge in [0.1, 0.15) is 11.6 Å². The first kappa shape index (κ1) is 11.0. The van der Waals surface area contributed by atoms with Crippen LogP contribution < -0.4 is 4.74 Å². The van der Waals surface area contributed by atoms with Crippen molar-refractivity contribution in [3.8, 4) is 16.9 Å². The Hall–Kier alpha value is -1.54. The van der Waals surface area contributed by atoms with E-state index in [4.69, 9.17) is 16.3 Å². The van der Waals surface area contributed by atoms with Gasteiger partial charge in [-0.3, -0.25) is 0 Å². The van der Waals surface area contributed by atoms with E-state index in [2.05, 4.69) is 0 Å². The lowest BCUT2D eigenvalue weighted by Crippen LogP contribution is -1.90. The summed E-state index contributed by atoms with van der Waals surface area (Å²) in [7, 11) is 1.56. The van der Waals surface area contributed by atoms with Crippen molar-refractivity contribution in [1.29, 1.82) is 0 Å². The molecule has 0 N–H and O–H groups in total. The molecule has 0 bridgehead atoms. The molecular weight excluding hydrogens is 227 g/mol. The van der Waals surface area contributed by atoms with Crippen molar-refractivity contribution in [2.75, 3.05) is 7.11 Å². The van der Waals surface area contributed by atoms with Crippen LogP contribution in [0.15, 0.2) is 42.5 Å². The molecule has 0 aromatic heterocycles. The third-order valence-electron chi connectivity index (χ3n) is 2.33. The van der Waals surface area contributed by atoms with Crippen LogP contribution in [0.2, 0.25) is 5.02 Å². The van der Waals surface area contributed by atoms with E-state index < -0.39 is 0 Å². The highest BCUT2D eigenvalue weighted by molar-refractivity contribution is 6.30. The lowest BCUT2D eigenvalue weighted by molar-refractivity contribution is 0.416. The minimum atomic E-state index is -0.311. The van der Waals surface area contributed by atoms with Crippen molar-refractivity contribution >= 4 is 11.6 Å². The second-order valence-corrected chi connectivity index (χ2v) is 3.76. The Morgan fingerprint density at radius 1 is 1.06 bits per heavy atom. The zero-order valence-corrected chi connectivity index (χ0v) is 9.46. The molecule has 0 unspecified atom stereocenters. The quantitative estimate of drug-likeness (QED) is 0.761. The summed E-state index contributed by atoms with van der Waals surface area (Å²) in [6.07, 6.45) is 0. The molecule has 0 radical (unpaired) electrons. The molecule has 16 heavy (non-hydrogen) atoms. The fraction of sp³-hybridized carbons (Fsp3) is 0.0769. The highest BCUT2D eigenvalue weighted by Gasteiger charge is 2.10. The Balaban J connectivity index is 2.62. The van der Waals surface area contributed by atoms with E-state index in [-0.39, 0.29) is 5.82 Å². The minimum Gasteiger partial charge on any atom is -0.496 e. The predicted molar refractivity (Wildman–Crippen MR) is 63.4 cm³/mol. The SMILES string of the molecule is COc1ccccc1-c1cc(Cl)ccc1F. The monoisotopic (exact) mass is 236 g/mol. The Bertz CT molecular complexity index is 511. The number of hydrogen-bond acceptors (Lipinski definition) is 1. The van der Waals surface area contributed by atoms with E-state index in [1.165, 1.54) is 12.1 Å². The lowest BCUT2D eigenvalue weighted by atomic mass is 10.0. The standard InChI is InChI=1S/C13H10ClFO/c1-16-13-5-3-2-4-10(13)11-8-9(14)6-7-12(11)15/h2-8H,1H3.